The summed E-state index contributed by atoms with van der Waals surface area (Å²) in [6.07, 6.45) is 8.85. The van der Waals surface area contributed by atoms with Crippen molar-refractivity contribution in [1.82, 2.24) is 20.1 Å². The monoisotopic (exact) mass is 805 g/mol. The fourth-order valence-corrected chi connectivity index (χ4v) is 8.84. The molecule has 58 heavy (non-hydrogen) atoms. The number of hydrogen-bond donors (Lipinski definition) is 3. The number of rotatable bonds is 20. The lowest BCUT2D eigenvalue weighted by atomic mass is 10.0. The van der Waals surface area contributed by atoms with Crippen LogP contribution in [-0.2, 0) is 23.9 Å². The van der Waals surface area contributed by atoms with Gasteiger partial charge in [0.2, 0.25) is 17.7 Å². The molecule has 0 radical (unpaired) electrons. The molecule has 3 heterocycles. The number of carboxylic acids is 1. The van der Waals surface area contributed by atoms with Gasteiger partial charge in [-0.25, -0.2) is 9.78 Å². The SMILES string of the molecule is CCOc1cc(OC2C[C@@H](C(N)=O)N(C(=O)[C@H](CCCCCC/C=C3\C[C@@H]3C(=O)O)NC(=O)OC3C[C@@H]4C[C@@H]4C3)C2)c2ccc(OCCN3CCOCC3)c(C)c2n1. The van der Waals surface area contributed by atoms with E-state index in [4.69, 9.17) is 39.5 Å². The summed E-state index contributed by atoms with van der Waals surface area (Å²) in [5.41, 5.74) is 8.41. The first-order valence-electron chi connectivity index (χ1n) is 21.2. The Morgan fingerprint density at radius 1 is 1.02 bits per heavy atom. The lowest BCUT2D eigenvalue weighted by molar-refractivity contribution is -0.139. The Morgan fingerprint density at radius 3 is 2.52 bits per heavy atom. The minimum Gasteiger partial charge on any atom is -0.492 e. The average Bonchev–Trinajstić information content (AvgIpc) is 4.06. The summed E-state index contributed by atoms with van der Waals surface area (Å²) < 4.78 is 29.9. The number of primary amides is 1. The summed E-state index contributed by atoms with van der Waals surface area (Å²) in [5.74, 6) is 0.724. The molecular weight excluding hydrogens is 746 g/mol. The molecule has 15 heteroatoms. The number of nitrogens with zero attached hydrogens (tertiary/aromatic N) is 3. The highest BCUT2D eigenvalue weighted by Gasteiger charge is 2.48. The van der Waals surface area contributed by atoms with Crippen molar-refractivity contribution in [3.05, 3.63) is 35.4 Å². The van der Waals surface area contributed by atoms with Gasteiger partial charge >= 0.3 is 12.1 Å². The molecule has 5 aliphatic rings. The predicted octanol–water partition coefficient (Wildman–Crippen LogP) is 4.75. The van der Waals surface area contributed by atoms with E-state index in [1.807, 2.05) is 32.1 Å². The first kappa shape index (κ1) is 41.5. The molecular formula is C43H59N5O10. The number of pyridine rings is 1. The number of ether oxygens (including phenoxy) is 5. The van der Waals surface area contributed by atoms with Crippen molar-refractivity contribution >= 4 is 34.8 Å². The van der Waals surface area contributed by atoms with Crippen molar-refractivity contribution in [1.29, 1.82) is 0 Å². The molecule has 7 atom stereocenters. The third-order valence-electron chi connectivity index (χ3n) is 12.3. The van der Waals surface area contributed by atoms with Crippen LogP contribution in [0.2, 0.25) is 0 Å². The van der Waals surface area contributed by atoms with Crippen LogP contribution in [0.5, 0.6) is 17.4 Å². The second kappa shape index (κ2) is 19.0. The van der Waals surface area contributed by atoms with Gasteiger partial charge in [0, 0.05) is 43.1 Å². The van der Waals surface area contributed by atoms with Crippen LogP contribution < -0.4 is 25.3 Å². The molecule has 2 unspecified atom stereocenters. The molecule has 2 aromatic rings. The van der Waals surface area contributed by atoms with Crippen LogP contribution >= 0.6 is 0 Å². The molecule has 5 fully saturated rings. The number of aliphatic carboxylic acids is 1. The molecule has 3 amide bonds. The Hall–Kier alpha value is -4.63. The maximum atomic E-state index is 14.3. The van der Waals surface area contributed by atoms with Crippen molar-refractivity contribution < 1.29 is 48.0 Å². The number of likely N-dealkylation sites (tertiary alicyclic amines) is 1. The zero-order valence-electron chi connectivity index (χ0n) is 33.8. The van der Waals surface area contributed by atoms with Gasteiger partial charge in [-0.2, -0.15) is 0 Å². The maximum Gasteiger partial charge on any atom is 0.408 e. The van der Waals surface area contributed by atoms with Crippen molar-refractivity contribution in [2.45, 2.75) is 109 Å². The van der Waals surface area contributed by atoms with Crippen molar-refractivity contribution in [2.24, 2.45) is 23.5 Å². The largest absolute Gasteiger partial charge is 0.492 e. The van der Waals surface area contributed by atoms with E-state index >= 15 is 0 Å². The van der Waals surface area contributed by atoms with Gasteiger partial charge in [-0.1, -0.05) is 30.9 Å². The van der Waals surface area contributed by atoms with E-state index < -0.39 is 42.1 Å². The summed E-state index contributed by atoms with van der Waals surface area (Å²) in [6.45, 7) is 8.83. The first-order chi connectivity index (χ1) is 28.1. The van der Waals surface area contributed by atoms with Crippen molar-refractivity contribution in [3.63, 3.8) is 0 Å². The molecule has 3 aliphatic carbocycles. The number of unbranched alkanes of at least 4 members (excludes halogenated alkanes) is 4. The Kier molecular flexibility index (Phi) is 13.6. The molecule has 1 aromatic heterocycles. The van der Waals surface area contributed by atoms with Crippen LogP contribution in [0.3, 0.4) is 0 Å². The van der Waals surface area contributed by atoms with Gasteiger partial charge in [-0.05, 0) is 82.8 Å². The second-order valence-corrected chi connectivity index (χ2v) is 16.5. The number of fused-ring (bicyclic) bond motifs is 2. The lowest BCUT2D eigenvalue weighted by Gasteiger charge is -2.28. The topological polar surface area (TPSA) is 192 Å². The Balaban J connectivity index is 1.01. The number of allylic oxidation sites excluding steroid dienone is 1. The second-order valence-electron chi connectivity index (χ2n) is 16.5. The van der Waals surface area contributed by atoms with E-state index in [1.54, 1.807) is 6.07 Å². The van der Waals surface area contributed by atoms with Crippen molar-refractivity contribution in [3.8, 4) is 17.4 Å². The molecule has 2 saturated heterocycles. The van der Waals surface area contributed by atoms with E-state index in [2.05, 4.69) is 10.2 Å². The fourth-order valence-electron chi connectivity index (χ4n) is 8.84. The van der Waals surface area contributed by atoms with Gasteiger partial charge in [0.05, 0.1) is 37.8 Å². The first-order valence-corrected chi connectivity index (χ1v) is 21.2. The summed E-state index contributed by atoms with van der Waals surface area (Å²) in [5, 5.41) is 12.7. The third-order valence-corrected chi connectivity index (χ3v) is 12.3. The summed E-state index contributed by atoms with van der Waals surface area (Å²) in [6, 6.07) is 3.70. The number of morpholine rings is 1. The molecule has 0 spiro atoms. The Morgan fingerprint density at radius 2 is 1.79 bits per heavy atom. The van der Waals surface area contributed by atoms with Gasteiger partial charge in [0.15, 0.2) is 0 Å². The van der Waals surface area contributed by atoms with E-state index in [0.29, 0.717) is 67.2 Å². The van der Waals surface area contributed by atoms with E-state index in [0.717, 1.165) is 87.9 Å². The summed E-state index contributed by atoms with van der Waals surface area (Å²) >= 11 is 0. The highest BCUT2D eigenvalue weighted by molar-refractivity contribution is 5.92. The number of hydrogen-bond acceptors (Lipinski definition) is 11. The van der Waals surface area contributed by atoms with Crippen LogP contribution in [0.1, 0.15) is 83.1 Å². The van der Waals surface area contributed by atoms with Crippen LogP contribution in [0.4, 0.5) is 4.79 Å². The van der Waals surface area contributed by atoms with Gasteiger partial charge in [0.25, 0.3) is 0 Å². The zero-order chi connectivity index (χ0) is 40.8. The minimum absolute atomic E-state index is 0.0904. The molecule has 4 N–H and O–H groups in total. The maximum absolute atomic E-state index is 14.3. The zero-order valence-corrected chi connectivity index (χ0v) is 33.8. The van der Waals surface area contributed by atoms with Gasteiger partial charge in [0.1, 0.15) is 42.4 Å². The quantitative estimate of drug-likeness (QED) is 0.123. The number of carboxylic acid groups (broad SMARTS) is 1. The fraction of sp³-hybridized carbons (Fsp3) is 0.651. The van der Waals surface area contributed by atoms with E-state index in [1.165, 1.54) is 11.3 Å². The standard InChI is InChI=1S/C43H59N5O10/c1-3-55-38-24-37(32-11-12-36(26(2)39(32)46-38)56-18-15-47-13-16-54-17-14-47)57-31-23-35(40(44)49)48(25-31)41(50)34(45-43(53)58-30-20-28-19-29(28)21-30)10-8-6-4-5-7-9-27-22-33(27)42(51)52/h9,11-12,24,28-31,33-35H,3-8,10,13-23,25H2,1-2H3,(H2,44,49)(H,45,53)(H,51,52)/b27-9+/t28-,29+,30?,31?,33-,34-,35-/m0/s1. The number of alkyl carbamates (subject to hydrolysis) is 1. The number of amides is 3. The molecule has 3 saturated carbocycles. The predicted molar refractivity (Wildman–Crippen MR) is 214 cm³/mol. The molecule has 2 aliphatic heterocycles. The summed E-state index contributed by atoms with van der Waals surface area (Å²) in [4.78, 5) is 60.1. The van der Waals surface area contributed by atoms with Crippen LogP contribution in [0.25, 0.3) is 10.9 Å². The average molecular weight is 806 g/mol. The van der Waals surface area contributed by atoms with E-state index in [9.17, 15) is 19.2 Å². The smallest absolute Gasteiger partial charge is 0.408 e. The molecule has 1 aromatic carbocycles. The molecule has 0 bridgehead atoms. The number of carbonyl (C=O) groups excluding carboxylic acids is 3. The van der Waals surface area contributed by atoms with Crippen molar-refractivity contribution in [2.75, 3.05) is 52.6 Å². The minimum atomic E-state index is -0.933. The Bertz CT molecular complexity index is 1840. The summed E-state index contributed by atoms with van der Waals surface area (Å²) in [7, 11) is 0. The lowest BCUT2D eigenvalue weighted by Crippen LogP contribution is -2.53. The number of aryl methyl sites for hydroxylation is 1. The Labute approximate surface area is 339 Å². The van der Waals surface area contributed by atoms with Gasteiger partial charge < -0.3 is 44.7 Å². The number of carbonyl (C=O) groups is 4. The van der Waals surface area contributed by atoms with E-state index in [-0.39, 0.29) is 25.0 Å². The normalized spacial score (nSPS) is 26.2. The highest BCUT2D eigenvalue weighted by atomic mass is 16.6. The van der Waals surface area contributed by atoms with Gasteiger partial charge in [-0.3, -0.25) is 19.3 Å². The number of nitrogens with one attached hydrogen (secondary N) is 1. The van der Waals surface area contributed by atoms with Crippen LogP contribution in [-0.4, -0.2) is 121 Å². The highest BCUT2D eigenvalue weighted by Crippen LogP contribution is 2.52. The van der Waals surface area contributed by atoms with Gasteiger partial charge in [-0.15, -0.1) is 0 Å². The van der Waals surface area contributed by atoms with Crippen LogP contribution in [0, 0.1) is 24.7 Å². The molecule has 7 rings (SSSR count). The molecule has 316 valence electrons. The number of benzene rings is 1. The third kappa shape index (κ3) is 10.5. The number of nitrogens with two attached hydrogens (primary N) is 1. The molecule has 15 nitrogen and oxygen atoms in total. The van der Waals surface area contributed by atoms with Crippen LogP contribution in [0.15, 0.2) is 29.8 Å². The number of aromatic nitrogens is 1.